The second kappa shape index (κ2) is 3.92. The topological polar surface area (TPSA) is 56.8 Å². The first-order valence-electron chi connectivity index (χ1n) is 4.83. The number of benzene rings is 1. The summed E-state index contributed by atoms with van der Waals surface area (Å²) in [5, 5.41) is 2.74. The summed E-state index contributed by atoms with van der Waals surface area (Å²) in [5.74, 6) is 1.63. The molecule has 1 aromatic carbocycles. The van der Waals surface area contributed by atoms with E-state index in [1.54, 1.807) is 20.3 Å². The highest BCUT2D eigenvalue weighted by Gasteiger charge is 2.28. The predicted octanol–water partition coefficient (Wildman–Crippen LogP) is 1.21. The highest BCUT2D eigenvalue weighted by Crippen LogP contribution is 2.45. The third-order valence-electron chi connectivity index (χ3n) is 2.56. The molecule has 0 saturated heterocycles. The molecule has 5 nitrogen and oxygen atoms in total. The monoisotopic (exact) mass is 223 g/mol. The van der Waals surface area contributed by atoms with E-state index in [0.717, 1.165) is 5.56 Å². The van der Waals surface area contributed by atoms with E-state index in [9.17, 15) is 4.79 Å². The maximum Gasteiger partial charge on any atom is 0.229 e. The molecule has 1 aromatic rings. The van der Waals surface area contributed by atoms with Gasteiger partial charge in [-0.15, -0.1) is 0 Å². The van der Waals surface area contributed by atoms with Gasteiger partial charge in [0.05, 0.1) is 33.4 Å². The Morgan fingerprint density at radius 3 is 2.38 bits per heavy atom. The van der Waals surface area contributed by atoms with Gasteiger partial charge < -0.3 is 19.5 Å². The van der Waals surface area contributed by atoms with Gasteiger partial charge in [-0.1, -0.05) is 0 Å². The number of fused-ring (bicyclic) bond motifs is 1. The summed E-state index contributed by atoms with van der Waals surface area (Å²) in [7, 11) is 4.64. The van der Waals surface area contributed by atoms with E-state index in [1.807, 2.05) is 0 Å². The second-order valence-corrected chi connectivity index (χ2v) is 3.39. The number of amides is 1. The predicted molar refractivity (Wildman–Crippen MR) is 58.4 cm³/mol. The van der Waals surface area contributed by atoms with Crippen molar-refractivity contribution in [3.8, 4) is 17.2 Å². The molecule has 1 amide bonds. The van der Waals surface area contributed by atoms with Crippen molar-refractivity contribution in [3.05, 3.63) is 11.6 Å². The standard InChI is InChI=1S/C11H13NO4/c1-14-7-5-8(15-2)11(16-3)10-6(7)4-9(13)12-10/h5H,4H2,1-3H3,(H,12,13). The van der Waals surface area contributed by atoms with Gasteiger partial charge in [0.25, 0.3) is 0 Å². The summed E-state index contributed by atoms with van der Waals surface area (Å²) in [4.78, 5) is 11.4. The van der Waals surface area contributed by atoms with Crippen molar-refractivity contribution >= 4 is 11.6 Å². The third kappa shape index (κ3) is 1.44. The fourth-order valence-electron chi connectivity index (χ4n) is 1.84. The number of methoxy groups -OCH3 is 3. The minimum absolute atomic E-state index is 0.0696. The van der Waals surface area contributed by atoms with Crippen molar-refractivity contribution in [2.45, 2.75) is 6.42 Å². The normalized spacial score (nSPS) is 13.1. The minimum Gasteiger partial charge on any atom is -0.496 e. The molecule has 1 N–H and O–H groups in total. The van der Waals surface area contributed by atoms with Crippen LogP contribution in [0.4, 0.5) is 5.69 Å². The first-order valence-corrected chi connectivity index (χ1v) is 4.83. The van der Waals surface area contributed by atoms with Crippen LogP contribution in [-0.4, -0.2) is 27.2 Å². The zero-order valence-electron chi connectivity index (χ0n) is 9.42. The van der Waals surface area contributed by atoms with E-state index >= 15 is 0 Å². The summed E-state index contributed by atoms with van der Waals surface area (Å²) in [6.45, 7) is 0. The SMILES string of the molecule is COc1cc(OC)c(OC)c2c1CC(=O)N2. The van der Waals surface area contributed by atoms with Crippen LogP contribution in [0.3, 0.4) is 0 Å². The molecule has 2 rings (SSSR count). The van der Waals surface area contributed by atoms with Crippen molar-refractivity contribution < 1.29 is 19.0 Å². The zero-order valence-corrected chi connectivity index (χ0v) is 9.42. The van der Waals surface area contributed by atoms with Crippen molar-refractivity contribution in [1.82, 2.24) is 0 Å². The zero-order chi connectivity index (χ0) is 11.7. The van der Waals surface area contributed by atoms with Crippen molar-refractivity contribution in [3.63, 3.8) is 0 Å². The van der Waals surface area contributed by atoms with E-state index in [-0.39, 0.29) is 5.91 Å². The van der Waals surface area contributed by atoms with Crippen molar-refractivity contribution in [2.24, 2.45) is 0 Å². The Morgan fingerprint density at radius 2 is 1.81 bits per heavy atom. The van der Waals surface area contributed by atoms with Crippen LogP contribution >= 0.6 is 0 Å². The Hall–Kier alpha value is -1.91. The summed E-state index contributed by atoms with van der Waals surface area (Å²) in [6, 6.07) is 1.72. The van der Waals surface area contributed by atoms with E-state index < -0.39 is 0 Å². The molecular formula is C11H13NO4. The van der Waals surface area contributed by atoms with E-state index in [4.69, 9.17) is 14.2 Å². The molecule has 16 heavy (non-hydrogen) atoms. The van der Waals surface area contributed by atoms with Crippen LogP contribution in [0.5, 0.6) is 17.2 Å². The van der Waals surface area contributed by atoms with Crippen molar-refractivity contribution in [2.75, 3.05) is 26.6 Å². The van der Waals surface area contributed by atoms with Gasteiger partial charge in [-0.2, -0.15) is 0 Å². The average Bonchev–Trinajstić information content (AvgIpc) is 2.67. The van der Waals surface area contributed by atoms with Crippen LogP contribution in [-0.2, 0) is 11.2 Å². The lowest BCUT2D eigenvalue weighted by Gasteiger charge is -2.14. The van der Waals surface area contributed by atoms with Gasteiger partial charge in [0.1, 0.15) is 5.75 Å². The summed E-state index contributed by atoms with van der Waals surface area (Å²) in [6.07, 6.45) is 0.304. The quantitative estimate of drug-likeness (QED) is 0.836. The van der Waals surface area contributed by atoms with Crippen LogP contribution < -0.4 is 19.5 Å². The molecule has 1 aliphatic heterocycles. The van der Waals surface area contributed by atoms with Gasteiger partial charge in [-0.3, -0.25) is 4.79 Å². The highest BCUT2D eigenvalue weighted by molar-refractivity contribution is 6.02. The third-order valence-corrected chi connectivity index (χ3v) is 2.56. The first-order chi connectivity index (χ1) is 7.71. The number of ether oxygens (including phenoxy) is 3. The molecule has 86 valence electrons. The lowest BCUT2D eigenvalue weighted by molar-refractivity contribution is -0.115. The lowest BCUT2D eigenvalue weighted by atomic mass is 10.1. The Morgan fingerprint density at radius 1 is 1.12 bits per heavy atom. The van der Waals surface area contributed by atoms with E-state index in [1.165, 1.54) is 7.11 Å². The largest absolute Gasteiger partial charge is 0.496 e. The molecule has 1 heterocycles. The molecular weight excluding hydrogens is 210 g/mol. The number of carbonyl (C=O) groups excluding carboxylic acids is 1. The van der Waals surface area contributed by atoms with Gasteiger partial charge in [0, 0.05) is 11.6 Å². The fourth-order valence-corrected chi connectivity index (χ4v) is 1.84. The van der Waals surface area contributed by atoms with Gasteiger partial charge in [0.15, 0.2) is 11.5 Å². The summed E-state index contributed by atoms with van der Waals surface area (Å²) in [5.41, 5.74) is 1.45. The molecule has 0 fully saturated rings. The Kier molecular flexibility index (Phi) is 2.60. The van der Waals surface area contributed by atoms with E-state index in [0.29, 0.717) is 29.4 Å². The van der Waals surface area contributed by atoms with Crippen LogP contribution in [0.25, 0.3) is 0 Å². The van der Waals surface area contributed by atoms with Crippen LogP contribution in [0.15, 0.2) is 6.07 Å². The molecule has 0 saturated carbocycles. The van der Waals surface area contributed by atoms with E-state index in [2.05, 4.69) is 5.32 Å². The van der Waals surface area contributed by atoms with Crippen molar-refractivity contribution in [1.29, 1.82) is 0 Å². The summed E-state index contributed by atoms with van der Waals surface area (Å²) < 4.78 is 15.6. The van der Waals surface area contributed by atoms with Gasteiger partial charge in [-0.25, -0.2) is 0 Å². The number of hydrogen-bond donors (Lipinski definition) is 1. The molecule has 0 radical (unpaired) electrons. The maximum atomic E-state index is 11.4. The first kappa shape index (κ1) is 10.6. The fraction of sp³-hybridized carbons (Fsp3) is 0.364. The minimum atomic E-state index is -0.0696. The smallest absolute Gasteiger partial charge is 0.229 e. The number of hydrogen-bond acceptors (Lipinski definition) is 4. The Bertz CT molecular complexity index is 442. The maximum absolute atomic E-state index is 11.4. The van der Waals surface area contributed by atoms with Crippen LogP contribution in [0.1, 0.15) is 5.56 Å². The molecule has 5 heteroatoms. The van der Waals surface area contributed by atoms with Gasteiger partial charge >= 0.3 is 0 Å². The highest BCUT2D eigenvalue weighted by atomic mass is 16.5. The number of anilines is 1. The molecule has 0 atom stereocenters. The average molecular weight is 223 g/mol. The molecule has 0 aromatic heterocycles. The van der Waals surface area contributed by atoms with Crippen LogP contribution in [0, 0.1) is 0 Å². The number of rotatable bonds is 3. The number of carbonyl (C=O) groups is 1. The Balaban J connectivity index is 2.64. The molecule has 0 unspecified atom stereocenters. The summed E-state index contributed by atoms with van der Waals surface area (Å²) >= 11 is 0. The van der Waals surface area contributed by atoms with Gasteiger partial charge in [0.2, 0.25) is 5.91 Å². The molecule has 0 spiro atoms. The second-order valence-electron chi connectivity index (χ2n) is 3.39. The lowest BCUT2D eigenvalue weighted by Crippen LogP contribution is -2.04. The molecule has 0 bridgehead atoms. The Labute approximate surface area is 93.3 Å². The molecule has 0 aliphatic carbocycles. The van der Waals surface area contributed by atoms with Gasteiger partial charge in [-0.05, 0) is 0 Å². The number of nitrogens with one attached hydrogen (secondary N) is 1. The molecule has 1 aliphatic rings. The van der Waals surface area contributed by atoms with Crippen LogP contribution in [0.2, 0.25) is 0 Å².